The maximum absolute atomic E-state index is 14.0. The molecule has 0 aliphatic carbocycles. The molecule has 2 nitrogen and oxygen atoms in total. The first-order chi connectivity index (χ1) is 14.0. The minimum Gasteiger partial charge on any atom is -0.320 e. The third-order valence-electron chi connectivity index (χ3n) is 5.56. The molecule has 10 heteroatoms. The molecule has 1 rings (SSSR count). The van der Waals surface area contributed by atoms with Crippen LogP contribution in [-0.2, 0) is 11.0 Å². The van der Waals surface area contributed by atoms with Gasteiger partial charge in [-0.3, -0.25) is 4.79 Å². The quantitative estimate of drug-likeness (QED) is 0.213. The number of benzene rings is 1. The van der Waals surface area contributed by atoms with Gasteiger partial charge in [0.1, 0.15) is 19.3 Å². The lowest BCUT2D eigenvalue weighted by atomic mass is 10.1. The molecule has 0 spiro atoms. The molecule has 1 N–H and O–H groups in total. The number of nitrogens with one attached hydrogen (secondary N) is 1. The molecule has 0 saturated carbocycles. The third-order valence-corrected chi connectivity index (χ3v) is 11.9. The van der Waals surface area contributed by atoms with E-state index in [-0.39, 0.29) is 16.6 Å². The number of carbonyl (C=O) groups excluding carboxylic acids is 1. The minimum absolute atomic E-state index is 0.239. The Morgan fingerprint density at radius 2 is 1.19 bits per heavy atom. The Morgan fingerprint density at radius 3 is 1.52 bits per heavy atom. The second-order valence-electron chi connectivity index (χ2n) is 8.38. The van der Waals surface area contributed by atoms with Crippen molar-refractivity contribution in [1.29, 1.82) is 0 Å². The third kappa shape index (κ3) is 5.25. The van der Waals surface area contributed by atoms with E-state index in [1.807, 2.05) is 41.5 Å². The van der Waals surface area contributed by atoms with Gasteiger partial charge in [0.25, 0.3) is 0 Å². The van der Waals surface area contributed by atoms with Crippen molar-refractivity contribution in [2.24, 2.45) is 5.92 Å². The second-order valence-corrected chi connectivity index (χ2v) is 14.0. The first-order valence-electron chi connectivity index (χ1n) is 9.76. The summed E-state index contributed by atoms with van der Waals surface area (Å²) < 4.78 is 93.6. The fourth-order valence-electron chi connectivity index (χ4n) is 3.95. The maximum Gasteiger partial charge on any atom is 0.422 e. The average molecular weight is 470 g/mol. The summed E-state index contributed by atoms with van der Waals surface area (Å²) >= 11 is 0. The zero-order valence-electron chi connectivity index (χ0n) is 18.4. The summed E-state index contributed by atoms with van der Waals surface area (Å²) in [6.07, 6.45) is -5.66. The molecule has 1 aromatic rings. The summed E-state index contributed by atoms with van der Waals surface area (Å²) in [5.41, 5.74) is -0.382. The molecule has 1 unspecified atom stereocenters. The molecule has 0 heterocycles. The van der Waals surface area contributed by atoms with Crippen LogP contribution in [0.4, 0.5) is 36.4 Å². The average Bonchev–Trinajstić information content (AvgIpc) is 2.61. The number of amides is 1. The normalized spacial score (nSPS) is 13.5. The van der Waals surface area contributed by atoms with Crippen LogP contribution in [0, 0.1) is 40.7 Å². The fraction of sp³-hybridized carbons (Fsp3) is 0.571. The van der Waals surface area contributed by atoms with Gasteiger partial charge >= 0.3 is 6.18 Å². The van der Waals surface area contributed by atoms with E-state index in [9.17, 15) is 35.5 Å². The van der Waals surface area contributed by atoms with Gasteiger partial charge in [-0.2, -0.15) is 13.2 Å². The molecule has 1 atom stereocenters. The molecular weight excluding hydrogens is 443 g/mol. The minimum atomic E-state index is -5.66. The molecule has 31 heavy (non-hydrogen) atoms. The Kier molecular flexibility index (Phi) is 8.39. The number of alkyl halides is 3. The first-order valence-corrected chi connectivity index (χ1v) is 12.0. The van der Waals surface area contributed by atoms with Crippen molar-refractivity contribution in [1.82, 2.24) is 0 Å². The van der Waals surface area contributed by atoms with E-state index in [2.05, 4.69) is 11.5 Å². The van der Waals surface area contributed by atoms with Crippen LogP contribution >= 0.6 is 0 Å². The van der Waals surface area contributed by atoms with Crippen molar-refractivity contribution >= 4 is 19.7 Å². The van der Waals surface area contributed by atoms with Gasteiger partial charge in [0, 0.05) is 0 Å². The van der Waals surface area contributed by atoms with Gasteiger partial charge in [0.2, 0.25) is 5.91 Å². The topological polar surface area (TPSA) is 29.1 Å². The van der Waals surface area contributed by atoms with Gasteiger partial charge in [-0.1, -0.05) is 47.5 Å². The number of halogens is 7. The van der Waals surface area contributed by atoms with E-state index in [1.165, 1.54) is 6.92 Å². The van der Waals surface area contributed by atoms with Gasteiger partial charge in [-0.25, -0.2) is 17.6 Å². The molecule has 0 aliphatic rings. The lowest BCUT2D eigenvalue weighted by molar-refractivity contribution is -0.143. The molecule has 0 saturated heterocycles. The van der Waals surface area contributed by atoms with Crippen molar-refractivity contribution in [3.63, 3.8) is 0 Å². The van der Waals surface area contributed by atoms with Crippen molar-refractivity contribution in [2.75, 3.05) is 5.32 Å². The Labute approximate surface area is 178 Å². The second kappa shape index (κ2) is 9.63. The molecule has 1 aromatic carbocycles. The molecule has 0 radical (unpaired) electrons. The number of anilines is 1. The molecule has 0 fully saturated rings. The largest absolute Gasteiger partial charge is 0.422 e. The Balaban J connectivity index is 3.35. The van der Waals surface area contributed by atoms with Gasteiger partial charge < -0.3 is 5.32 Å². The zero-order chi connectivity index (χ0) is 24.5. The molecule has 174 valence electrons. The SMILES string of the molecule is CC(C#C[Si](C(C)C)(C(C)C)C(C)C)C(=O)Nc1c(F)c(F)c(C(F)(F)F)c(F)c1F. The molecule has 0 bridgehead atoms. The van der Waals surface area contributed by atoms with E-state index in [1.54, 1.807) is 5.32 Å². The number of rotatable bonds is 5. The maximum atomic E-state index is 14.0. The highest BCUT2D eigenvalue weighted by Crippen LogP contribution is 2.41. The van der Waals surface area contributed by atoms with Crippen LogP contribution in [0.15, 0.2) is 0 Å². The van der Waals surface area contributed by atoms with Crippen molar-refractivity contribution in [3.8, 4) is 11.5 Å². The van der Waals surface area contributed by atoms with Crippen LogP contribution in [0.25, 0.3) is 0 Å². The van der Waals surface area contributed by atoms with Crippen LogP contribution in [0.2, 0.25) is 16.6 Å². The zero-order valence-corrected chi connectivity index (χ0v) is 19.4. The van der Waals surface area contributed by atoms with Crippen molar-refractivity contribution in [2.45, 2.75) is 71.3 Å². The van der Waals surface area contributed by atoms with Crippen LogP contribution in [0.5, 0.6) is 0 Å². The van der Waals surface area contributed by atoms with Crippen molar-refractivity contribution < 1.29 is 35.5 Å². The van der Waals surface area contributed by atoms with Gasteiger partial charge in [-0.05, 0) is 23.5 Å². The van der Waals surface area contributed by atoms with E-state index >= 15 is 0 Å². The van der Waals surface area contributed by atoms with Gasteiger partial charge in [0.15, 0.2) is 23.3 Å². The molecule has 0 aliphatic heterocycles. The van der Waals surface area contributed by atoms with E-state index < -0.39 is 60.6 Å². The smallest absolute Gasteiger partial charge is 0.320 e. The van der Waals surface area contributed by atoms with Gasteiger partial charge in [-0.15, -0.1) is 5.54 Å². The fourth-order valence-corrected chi connectivity index (χ4v) is 9.29. The molecular formula is C21H26F7NOSi. The summed E-state index contributed by atoms with van der Waals surface area (Å²) in [5, 5.41) is 1.64. The lowest BCUT2D eigenvalue weighted by Crippen LogP contribution is -2.43. The van der Waals surface area contributed by atoms with Crippen LogP contribution in [0.3, 0.4) is 0 Å². The lowest BCUT2D eigenvalue weighted by Gasteiger charge is -2.38. The summed E-state index contributed by atoms with van der Waals surface area (Å²) in [5.74, 6) is -9.39. The monoisotopic (exact) mass is 469 g/mol. The highest BCUT2D eigenvalue weighted by atomic mass is 28.3. The number of carbonyl (C=O) groups is 1. The van der Waals surface area contributed by atoms with E-state index in [0.29, 0.717) is 0 Å². The summed E-state index contributed by atoms with van der Waals surface area (Å²) in [6, 6.07) is 0. The Hall–Kier alpha value is -2.02. The van der Waals surface area contributed by atoms with Crippen LogP contribution in [0.1, 0.15) is 54.0 Å². The number of hydrogen-bond donors (Lipinski definition) is 1. The van der Waals surface area contributed by atoms with Gasteiger partial charge in [0.05, 0.1) is 5.92 Å². The summed E-state index contributed by atoms with van der Waals surface area (Å²) in [7, 11) is -2.23. The van der Waals surface area contributed by atoms with E-state index in [0.717, 1.165) is 0 Å². The standard InChI is InChI=1S/C21H26F7NOSi/c1-10(2)31(11(3)4,12(5)6)9-8-13(7)20(30)29-19-17(24)15(22)14(21(26,27)28)16(23)18(19)25/h10-13H,1-7H3,(H,29,30). The molecule has 0 aromatic heterocycles. The predicted octanol–water partition coefficient (Wildman–Crippen LogP) is 7.06. The number of hydrogen-bond acceptors (Lipinski definition) is 1. The highest BCUT2D eigenvalue weighted by Gasteiger charge is 2.43. The van der Waals surface area contributed by atoms with Crippen LogP contribution < -0.4 is 5.32 Å². The Morgan fingerprint density at radius 1 is 0.806 bits per heavy atom. The highest BCUT2D eigenvalue weighted by molar-refractivity contribution is 6.90. The van der Waals surface area contributed by atoms with Crippen molar-refractivity contribution in [3.05, 3.63) is 28.8 Å². The van der Waals surface area contributed by atoms with Crippen LogP contribution in [-0.4, -0.2) is 14.0 Å². The summed E-state index contributed by atoms with van der Waals surface area (Å²) in [4.78, 5) is 12.3. The summed E-state index contributed by atoms with van der Waals surface area (Å²) in [6.45, 7) is 13.5. The molecule has 1 amide bonds. The van der Waals surface area contributed by atoms with E-state index in [4.69, 9.17) is 0 Å². The predicted molar refractivity (Wildman–Crippen MR) is 108 cm³/mol. The Bertz CT molecular complexity index is 847. The first kappa shape index (κ1) is 27.0.